The van der Waals surface area contributed by atoms with Crippen LogP contribution in [0.25, 0.3) is 0 Å². The molecule has 94 valence electrons. The molecule has 0 bridgehead atoms. The van der Waals surface area contributed by atoms with E-state index in [4.69, 9.17) is 15.6 Å². The van der Waals surface area contributed by atoms with E-state index >= 15 is 0 Å². The third-order valence-corrected chi connectivity index (χ3v) is 2.14. The number of pyridine rings is 1. The number of hydrogen-bond donors (Lipinski definition) is 3. The third-order valence-electron chi connectivity index (χ3n) is 2.14. The average Bonchev–Trinajstić information content (AvgIpc) is 2.31. The van der Waals surface area contributed by atoms with Gasteiger partial charge in [-0.05, 0) is 12.1 Å². The Labute approximate surface area is 99.8 Å². The van der Waals surface area contributed by atoms with E-state index in [1.54, 1.807) is 12.1 Å². The van der Waals surface area contributed by atoms with E-state index in [0.717, 1.165) is 0 Å². The lowest BCUT2D eigenvalue weighted by atomic mass is 10.2. The normalized spacial score (nSPS) is 12.1. The molecule has 0 saturated heterocycles. The summed E-state index contributed by atoms with van der Waals surface area (Å²) in [6, 6.07) is 2.99. The lowest BCUT2D eigenvalue weighted by Crippen LogP contribution is -2.41. The molecule has 1 aromatic rings. The van der Waals surface area contributed by atoms with Crippen LogP contribution in [-0.2, 0) is 16.0 Å². The number of rotatable bonds is 6. The Balaban J connectivity index is 2.46. The minimum Gasteiger partial charge on any atom is -0.397 e. The van der Waals surface area contributed by atoms with Gasteiger partial charge in [-0.1, -0.05) is 0 Å². The molecule has 0 spiro atoms. The zero-order chi connectivity index (χ0) is 12.7. The number of methoxy groups -OCH3 is 1. The number of nitrogens with zero attached hydrogens (tertiary/aromatic N) is 1. The molecule has 0 aliphatic rings. The minimum atomic E-state index is -0.388. The summed E-state index contributed by atoms with van der Waals surface area (Å²) >= 11 is 0. The van der Waals surface area contributed by atoms with Crippen LogP contribution < -0.4 is 11.1 Å². The van der Waals surface area contributed by atoms with Crippen molar-refractivity contribution in [2.24, 2.45) is 0 Å². The van der Waals surface area contributed by atoms with Crippen LogP contribution in [0.2, 0.25) is 0 Å². The van der Waals surface area contributed by atoms with Gasteiger partial charge in [0.25, 0.3) is 0 Å². The predicted octanol–water partition coefficient (Wildman–Crippen LogP) is -0.670. The molecule has 0 radical (unpaired) electrons. The van der Waals surface area contributed by atoms with Gasteiger partial charge in [0.15, 0.2) is 0 Å². The monoisotopic (exact) mass is 239 g/mol. The molecular weight excluding hydrogens is 222 g/mol. The maximum absolute atomic E-state index is 11.6. The van der Waals surface area contributed by atoms with E-state index in [1.807, 2.05) is 0 Å². The fourth-order valence-electron chi connectivity index (χ4n) is 1.32. The van der Waals surface area contributed by atoms with E-state index in [2.05, 4.69) is 10.3 Å². The van der Waals surface area contributed by atoms with Crippen LogP contribution in [0.4, 0.5) is 5.69 Å². The summed E-state index contributed by atoms with van der Waals surface area (Å²) < 4.78 is 4.85. The molecule has 0 fully saturated rings. The Morgan fingerprint density at radius 1 is 1.65 bits per heavy atom. The average molecular weight is 239 g/mol. The summed E-state index contributed by atoms with van der Waals surface area (Å²) in [5.74, 6) is -0.210. The first-order chi connectivity index (χ1) is 8.15. The van der Waals surface area contributed by atoms with E-state index in [0.29, 0.717) is 11.4 Å². The predicted molar refractivity (Wildman–Crippen MR) is 63.2 cm³/mol. The molecule has 17 heavy (non-hydrogen) atoms. The number of nitrogen functional groups attached to an aromatic ring is 1. The quantitative estimate of drug-likeness (QED) is 0.611. The number of aromatic nitrogens is 1. The van der Waals surface area contributed by atoms with Crippen LogP contribution in [0.15, 0.2) is 18.3 Å². The van der Waals surface area contributed by atoms with Crippen LogP contribution >= 0.6 is 0 Å². The number of carbonyl (C=O) groups is 1. The lowest BCUT2D eigenvalue weighted by Gasteiger charge is -2.14. The summed E-state index contributed by atoms with van der Waals surface area (Å²) in [4.78, 5) is 15.6. The summed E-state index contributed by atoms with van der Waals surface area (Å²) in [7, 11) is 1.51. The van der Waals surface area contributed by atoms with Gasteiger partial charge in [-0.15, -0.1) is 0 Å². The Kier molecular flexibility index (Phi) is 5.38. The first-order valence-corrected chi connectivity index (χ1v) is 5.25. The fraction of sp³-hybridized carbons (Fsp3) is 0.455. The minimum absolute atomic E-state index is 0.153. The van der Waals surface area contributed by atoms with Crippen molar-refractivity contribution in [2.75, 3.05) is 26.1 Å². The van der Waals surface area contributed by atoms with Gasteiger partial charge < -0.3 is 20.9 Å². The molecule has 1 atom stereocenters. The van der Waals surface area contributed by atoms with Gasteiger partial charge in [0.1, 0.15) is 0 Å². The molecule has 1 heterocycles. The van der Waals surface area contributed by atoms with Crippen molar-refractivity contribution in [3.63, 3.8) is 0 Å². The van der Waals surface area contributed by atoms with Crippen molar-refractivity contribution >= 4 is 11.6 Å². The summed E-state index contributed by atoms with van der Waals surface area (Å²) in [6.45, 7) is 0.117. The molecule has 0 aromatic carbocycles. The largest absolute Gasteiger partial charge is 0.397 e. The SMILES string of the molecule is COCC(CO)NC(=O)Cc1ccc(N)cn1. The topological polar surface area (TPSA) is 97.5 Å². The highest BCUT2D eigenvalue weighted by atomic mass is 16.5. The van der Waals surface area contributed by atoms with Crippen molar-refractivity contribution in [1.29, 1.82) is 0 Å². The van der Waals surface area contributed by atoms with Crippen molar-refractivity contribution in [1.82, 2.24) is 10.3 Å². The van der Waals surface area contributed by atoms with Gasteiger partial charge in [-0.2, -0.15) is 0 Å². The number of ether oxygens (including phenoxy) is 1. The molecule has 1 rings (SSSR count). The lowest BCUT2D eigenvalue weighted by molar-refractivity contribution is -0.121. The van der Waals surface area contributed by atoms with Crippen molar-refractivity contribution in [3.8, 4) is 0 Å². The van der Waals surface area contributed by atoms with E-state index in [9.17, 15) is 4.79 Å². The number of hydrogen-bond acceptors (Lipinski definition) is 5. The zero-order valence-corrected chi connectivity index (χ0v) is 9.72. The zero-order valence-electron chi connectivity index (χ0n) is 9.72. The molecular formula is C11H17N3O3. The number of amides is 1. The number of anilines is 1. The Morgan fingerprint density at radius 3 is 2.94 bits per heavy atom. The van der Waals surface area contributed by atoms with E-state index < -0.39 is 0 Å². The fourth-order valence-corrected chi connectivity index (χ4v) is 1.32. The standard InChI is InChI=1S/C11H17N3O3/c1-17-7-10(6-15)14-11(16)4-9-3-2-8(12)5-13-9/h2-3,5,10,15H,4,6-7,12H2,1H3,(H,14,16). The maximum Gasteiger partial charge on any atom is 0.226 e. The van der Waals surface area contributed by atoms with Crippen molar-refractivity contribution < 1.29 is 14.6 Å². The summed E-state index contributed by atoms with van der Waals surface area (Å²) in [5.41, 5.74) is 6.67. The molecule has 0 aliphatic heterocycles. The number of carbonyl (C=O) groups excluding carboxylic acids is 1. The van der Waals surface area contributed by atoms with Crippen LogP contribution in [0, 0.1) is 0 Å². The van der Waals surface area contributed by atoms with Crippen molar-refractivity contribution in [3.05, 3.63) is 24.0 Å². The number of aliphatic hydroxyl groups excluding tert-OH is 1. The highest BCUT2D eigenvalue weighted by Crippen LogP contribution is 2.01. The maximum atomic E-state index is 11.6. The van der Waals surface area contributed by atoms with Crippen molar-refractivity contribution in [2.45, 2.75) is 12.5 Å². The van der Waals surface area contributed by atoms with Gasteiger partial charge >= 0.3 is 0 Å². The third kappa shape index (κ3) is 4.80. The number of nitrogens with two attached hydrogens (primary N) is 1. The Hall–Kier alpha value is -1.66. The molecule has 0 aliphatic carbocycles. The highest BCUT2D eigenvalue weighted by molar-refractivity contribution is 5.78. The van der Waals surface area contributed by atoms with Crippen LogP contribution in [0.5, 0.6) is 0 Å². The summed E-state index contributed by atoms with van der Waals surface area (Å²) in [6.07, 6.45) is 1.65. The van der Waals surface area contributed by atoms with Crippen LogP contribution in [0.1, 0.15) is 5.69 Å². The van der Waals surface area contributed by atoms with E-state index in [1.165, 1.54) is 13.3 Å². The smallest absolute Gasteiger partial charge is 0.226 e. The first kappa shape index (κ1) is 13.4. The van der Waals surface area contributed by atoms with Crippen LogP contribution in [0.3, 0.4) is 0 Å². The second kappa shape index (κ2) is 6.82. The van der Waals surface area contributed by atoms with Gasteiger partial charge in [-0.25, -0.2) is 0 Å². The van der Waals surface area contributed by atoms with E-state index in [-0.39, 0.29) is 31.6 Å². The molecule has 1 amide bonds. The van der Waals surface area contributed by atoms with Gasteiger partial charge in [-0.3, -0.25) is 9.78 Å². The first-order valence-electron chi connectivity index (χ1n) is 5.25. The summed E-state index contributed by atoms with van der Waals surface area (Å²) in [5, 5.41) is 11.6. The van der Waals surface area contributed by atoms with Gasteiger partial charge in [0.05, 0.1) is 37.6 Å². The second-order valence-corrected chi connectivity index (χ2v) is 3.66. The Morgan fingerprint density at radius 2 is 2.41 bits per heavy atom. The number of aliphatic hydroxyl groups is 1. The molecule has 0 saturated carbocycles. The molecule has 6 heteroatoms. The highest BCUT2D eigenvalue weighted by Gasteiger charge is 2.11. The second-order valence-electron chi connectivity index (χ2n) is 3.66. The molecule has 1 aromatic heterocycles. The molecule has 6 nitrogen and oxygen atoms in total. The molecule has 4 N–H and O–H groups in total. The Bertz CT molecular complexity index is 353. The molecule has 1 unspecified atom stereocenters. The van der Waals surface area contributed by atoms with Gasteiger partial charge in [0.2, 0.25) is 5.91 Å². The van der Waals surface area contributed by atoms with Crippen LogP contribution in [-0.4, -0.2) is 42.4 Å². The number of nitrogens with one attached hydrogen (secondary N) is 1. The van der Waals surface area contributed by atoms with Gasteiger partial charge in [0, 0.05) is 12.8 Å².